The highest BCUT2D eigenvalue weighted by Crippen LogP contribution is 2.48. The summed E-state index contributed by atoms with van der Waals surface area (Å²) in [7, 11) is 0. The molecule has 0 saturated heterocycles. The van der Waals surface area contributed by atoms with Crippen molar-refractivity contribution in [2.45, 2.75) is 12.8 Å². The summed E-state index contributed by atoms with van der Waals surface area (Å²) in [5.41, 5.74) is 13.1. The number of rotatable bonds is 5. The number of nitrogens with zero attached hydrogens (tertiary/aromatic N) is 2. The lowest BCUT2D eigenvalue weighted by Crippen LogP contribution is -1.97. The summed E-state index contributed by atoms with van der Waals surface area (Å²) in [5, 5.41) is 12.4. The largest absolute Gasteiger partial charge is 0.309 e. The van der Waals surface area contributed by atoms with Crippen molar-refractivity contribution in [1.29, 1.82) is 0 Å². The Morgan fingerprint density at radius 2 is 0.983 bits per heavy atom. The van der Waals surface area contributed by atoms with Crippen LogP contribution in [0.3, 0.4) is 0 Å². The van der Waals surface area contributed by atoms with E-state index in [1.807, 2.05) is 6.20 Å². The Morgan fingerprint density at radius 1 is 0.407 bits per heavy atom. The van der Waals surface area contributed by atoms with E-state index in [4.69, 9.17) is 4.98 Å². The molecule has 59 heavy (non-hydrogen) atoms. The van der Waals surface area contributed by atoms with Gasteiger partial charge in [0, 0.05) is 28.2 Å². The molecule has 0 saturated carbocycles. The average Bonchev–Trinajstić information content (AvgIpc) is 3.65. The van der Waals surface area contributed by atoms with E-state index in [0.717, 1.165) is 24.1 Å². The minimum Gasteiger partial charge on any atom is -0.309 e. The molecule has 276 valence electrons. The predicted molar refractivity (Wildman–Crippen MR) is 252 cm³/mol. The van der Waals surface area contributed by atoms with Crippen molar-refractivity contribution >= 4 is 70.6 Å². The van der Waals surface area contributed by atoms with Gasteiger partial charge in [0.2, 0.25) is 0 Å². The molecule has 0 radical (unpaired) electrons. The van der Waals surface area contributed by atoms with Crippen LogP contribution in [0.5, 0.6) is 0 Å². The lowest BCUT2D eigenvalue weighted by molar-refractivity contribution is 1.02. The minimum atomic E-state index is 1.01. The molecular formula is C57H38N2. The van der Waals surface area contributed by atoms with Crippen LogP contribution in [0.25, 0.3) is 115 Å². The van der Waals surface area contributed by atoms with Crippen LogP contribution in [-0.2, 0) is 0 Å². The van der Waals surface area contributed by atoms with Crippen molar-refractivity contribution in [2.75, 3.05) is 0 Å². The molecule has 9 aromatic carbocycles. The van der Waals surface area contributed by atoms with E-state index in [0.29, 0.717) is 0 Å². The monoisotopic (exact) mass is 750 g/mol. The van der Waals surface area contributed by atoms with Gasteiger partial charge in [-0.05, 0) is 120 Å². The highest BCUT2D eigenvalue weighted by atomic mass is 15.0. The summed E-state index contributed by atoms with van der Waals surface area (Å²) in [6.07, 6.45) is 11.0. The van der Waals surface area contributed by atoms with Crippen molar-refractivity contribution in [3.63, 3.8) is 0 Å². The Bertz CT molecular complexity index is 3540. The lowest BCUT2D eigenvalue weighted by atomic mass is 9.83. The maximum atomic E-state index is 5.04. The van der Waals surface area contributed by atoms with Crippen LogP contribution in [0.2, 0.25) is 0 Å². The number of aromatic nitrogens is 2. The first kappa shape index (κ1) is 33.6. The normalized spacial score (nSPS) is 13.0. The molecule has 2 heterocycles. The highest BCUT2D eigenvalue weighted by molar-refractivity contribution is 6.26. The fourth-order valence-corrected chi connectivity index (χ4v) is 9.83. The third-order valence-corrected chi connectivity index (χ3v) is 12.4. The predicted octanol–water partition coefficient (Wildman–Crippen LogP) is 15.7. The van der Waals surface area contributed by atoms with Gasteiger partial charge in [-0.3, -0.25) is 4.98 Å². The van der Waals surface area contributed by atoms with E-state index >= 15 is 0 Å². The zero-order chi connectivity index (χ0) is 38.9. The van der Waals surface area contributed by atoms with Crippen molar-refractivity contribution in [3.8, 4) is 44.6 Å². The zero-order valence-electron chi connectivity index (χ0n) is 32.4. The van der Waals surface area contributed by atoms with Gasteiger partial charge in [-0.1, -0.05) is 170 Å². The molecule has 11 aromatic rings. The van der Waals surface area contributed by atoms with Gasteiger partial charge in [-0.25, -0.2) is 0 Å². The molecule has 2 nitrogen and oxygen atoms in total. The first-order valence-electron chi connectivity index (χ1n) is 20.6. The molecule has 0 aliphatic heterocycles. The minimum absolute atomic E-state index is 1.01. The van der Waals surface area contributed by atoms with Crippen LogP contribution in [-0.4, -0.2) is 9.55 Å². The van der Waals surface area contributed by atoms with Crippen LogP contribution in [0.1, 0.15) is 12.8 Å². The number of benzene rings is 9. The summed E-state index contributed by atoms with van der Waals surface area (Å²) in [6.45, 7) is 0. The molecule has 0 fully saturated rings. The first-order chi connectivity index (χ1) is 29.3. The molecule has 0 spiro atoms. The number of pyridine rings is 1. The SMILES string of the molecule is C1=CC(n2c3ccc(-c4ccc5c(-c6cccc7ccccc67)c6ccccc6c(-c6cccc7ccccc67)c5c4)cc3c3c(-c4ccccc4)nccc32)=CCC1. The summed E-state index contributed by atoms with van der Waals surface area (Å²) >= 11 is 0. The Kier molecular flexibility index (Phi) is 7.71. The second-order valence-electron chi connectivity index (χ2n) is 15.7. The lowest BCUT2D eigenvalue weighted by Gasteiger charge is -2.20. The van der Waals surface area contributed by atoms with E-state index < -0.39 is 0 Å². The van der Waals surface area contributed by atoms with Crippen LogP contribution < -0.4 is 0 Å². The fraction of sp³-hybridized carbons (Fsp3) is 0.0351. The average molecular weight is 751 g/mol. The summed E-state index contributed by atoms with van der Waals surface area (Å²) in [5.74, 6) is 0. The summed E-state index contributed by atoms with van der Waals surface area (Å²) < 4.78 is 2.43. The van der Waals surface area contributed by atoms with Gasteiger partial charge in [0.05, 0.1) is 16.7 Å². The first-order valence-corrected chi connectivity index (χ1v) is 20.6. The second kappa shape index (κ2) is 13.5. The van der Waals surface area contributed by atoms with Crippen molar-refractivity contribution < 1.29 is 0 Å². The van der Waals surface area contributed by atoms with E-state index in [2.05, 4.69) is 205 Å². The molecule has 0 amide bonds. The Hall–Kier alpha value is -7.55. The van der Waals surface area contributed by atoms with Gasteiger partial charge in [0.25, 0.3) is 0 Å². The van der Waals surface area contributed by atoms with Gasteiger partial charge < -0.3 is 4.57 Å². The van der Waals surface area contributed by atoms with Gasteiger partial charge in [0.1, 0.15) is 0 Å². The second-order valence-corrected chi connectivity index (χ2v) is 15.7. The zero-order valence-corrected chi connectivity index (χ0v) is 32.4. The molecular weight excluding hydrogens is 713 g/mol. The molecule has 2 aromatic heterocycles. The molecule has 12 rings (SSSR count). The van der Waals surface area contributed by atoms with E-state index in [1.165, 1.54) is 104 Å². The van der Waals surface area contributed by atoms with Gasteiger partial charge >= 0.3 is 0 Å². The van der Waals surface area contributed by atoms with Gasteiger partial charge in [-0.2, -0.15) is 0 Å². The number of allylic oxidation sites excluding steroid dienone is 4. The maximum Gasteiger partial charge on any atom is 0.0802 e. The van der Waals surface area contributed by atoms with Crippen molar-refractivity contribution in [2.24, 2.45) is 0 Å². The molecule has 2 heteroatoms. The van der Waals surface area contributed by atoms with E-state index in [1.54, 1.807) is 0 Å². The molecule has 0 unspecified atom stereocenters. The summed E-state index contributed by atoms with van der Waals surface area (Å²) in [6, 6.07) is 67.1. The van der Waals surface area contributed by atoms with Crippen molar-refractivity contribution in [1.82, 2.24) is 9.55 Å². The summed E-state index contributed by atoms with van der Waals surface area (Å²) in [4.78, 5) is 5.04. The number of hydrogen-bond acceptors (Lipinski definition) is 1. The highest BCUT2D eigenvalue weighted by Gasteiger charge is 2.22. The number of fused-ring (bicyclic) bond motifs is 7. The standard InChI is InChI=1S/C57H38N2/c1-3-17-39(18-4-1)57-56-51-36-41(30-32-52(51)59(53(56)33-34-58-57)42-21-5-2-6-22-42)40-29-31-49-50(35-40)55(46-28-14-20-38-16-8-10-24-44(38)46)48-26-12-11-25-47(48)54(49)45-27-13-19-37-15-7-9-23-43(37)45/h1,3-5,7-36H,2,6H2. The van der Waals surface area contributed by atoms with Crippen molar-refractivity contribution in [3.05, 3.63) is 206 Å². The molecule has 0 N–H and O–H groups in total. The Morgan fingerprint density at radius 3 is 1.66 bits per heavy atom. The molecule has 0 bridgehead atoms. The van der Waals surface area contributed by atoms with Crippen LogP contribution in [0.4, 0.5) is 0 Å². The fourth-order valence-electron chi connectivity index (χ4n) is 9.83. The van der Waals surface area contributed by atoms with E-state index in [-0.39, 0.29) is 0 Å². The van der Waals surface area contributed by atoms with Crippen LogP contribution in [0, 0.1) is 0 Å². The third kappa shape index (κ3) is 5.30. The van der Waals surface area contributed by atoms with E-state index in [9.17, 15) is 0 Å². The Balaban J connectivity index is 1.18. The van der Waals surface area contributed by atoms with Crippen LogP contribution >= 0.6 is 0 Å². The quantitative estimate of drug-likeness (QED) is 0.160. The van der Waals surface area contributed by atoms with Crippen LogP contribution in [0.15, 0.2) is 206 Å². The molecule has 0 atom stereocenters. The smallest absolute Gasteiger partial charge is 0.0802 e. The topological polar surface area (TPSA) is 17.8 Å². The number of hydrogen-bond donors (Lipinski definition) is 0. The molecule has 1 aliphatic rings. The van der Waals surface area contributed by atoms with Gasteiger partial charge in [0.15, 0.2) is 0 Å². The Labute approximate surface area is 342 Å². The third-order valence-electron chi connectivity index (χ3n) is 12.4. The molecule has 1 aliphatic carbocycles. The maximum absolute atomic E-state index is 5.04. The van der Waals surface area contributed by atoms with Gasteiger partial charge in [-0.15, -0.1) is 0 Å².